The smallest absolute Gasteiger partial charge is 0.450 e. The average molecular weight is 545 g/mol. The number of hydrogen-bond donors (Lipinski definition) is 2. The molecule has 2 amide bonds. The Balaban J connectivity index is 0.000000642. The van der Waals surface area contributed by atoms with Crippen molar-refractivity contribution in [3.8, 4) is 0 Å². The molecule has 0 spiro atoms. The molecule has 2 aromatic rings. The Hall–Kier alpha value is -2.43. The second kappa shape index (κ2) is 15.5. The van der Waals surface area contributed by atoms with Crippen LogP contribution in [0, 0.1) is 0 Å². The van der Waals surface area contributed by atoms with Crippen LogP contribution in [0.15, 0.2) is 58.3 Å². The van der Waals surface area contributed by atoms with Gasteiger partial charge in [-0.05, 0) is 62.4 Å². The van der Waals surface area contributed by atoms with Crippen LogP contribution < -0.4 is 10.6 Å². The van der Waals surface area contributed by atoms with E-state index in [9.17, 15) is 26.4 Å². The molecule has 0 radical (unpaired) electrons. The van der Waals surface area contributed by atoms with E-state index in [1.54, 1.807) is 13.8 Å². The van der Waals surface area contributed by atoms with Crippen molar-refractivity contribution in [2.75, 3.05) is 38.1 Å². The van der Waals surface area contributed by atoms with Gasteiger partial charge in [-0.2, -0.15) is 8.42 Å². The van der Waals surface area contributed by atoms with Crippen molar-refractivity contribution in [2.24, 2.45) is 0 Å². The molecule has 0 bridgehead atoms. The largest absolute Gasteiger partial charge is 2.00 e. The summed E-state index contributed by atoms with van der Waals surface area (Å²) in [6.45, 7) is 3.94. The quantitative estimate of drug-likeness (QED) is 0.290. The molecule has 4 N–H and O–H groups in total. The summed E-state index contributed by atoms with van der Waals surface area (Å²) in [5, 5.41) is 4.93. The van der Waals surface area contributed by atoms with Gasteiger partial charge in [0.05, 0.1) is 27.4 Å². The fourth-order valence-corrected chi connectivity index (χ4v) is 3.53. The first-order valence-electron chi connectivity index (χ1n) is 9.71. The molecule has 0 heterocycles. The molecule has 0 saturated heterocycles. The predicted molar refractivity (Wildman–Crippen MR) is 131 cm³/mol. The van der Waals surface area contributed by atoms with E-state index in [1.807, 2.05) is 0 Å². The van der Waals surface area contributed by atoms with Gasteiger partial charge in [0, 0.05) is 11.4 Å². The standard InChI is InChI=1S/2C10H13NO5S.Mg/c2*1-3-16-10(12)11-8-4-6-9(7-5-8)17(13,14)15-2;/h2*4-7H,3H2,1-2H3,(H,11,12);/q;;+2/p+2. The zero-order valence-corrected chi connectivity index (χ0v) is 22.8. The minimum Gasteiger partial charge on any atom is -0.450 e. The molecule has 0 saturated carbocycles. The van der Waals surface area contributed by atoms with Crippen molar-refractivity contribution < 1.29 is 44.3 Å². The van der Waals surface area contributed by atoms with Crippen molar-refractivity contribution in [3.63, 3.8) is 0 Å². The van der Waals surface area contributed by atoms with E-state index in [0.29, 0.717) is 11.4 Å². The predicted octanol–water partition coefficient (Wildman–Crippen LogP) is 3.11. The molecule has 0 fully saturated rings. The molecule has 2 aromatic carbocycles. The molecule has 0 aromatic heterocycles. The van der Waals surface area contributed by atoms with Gasteiger partial charge in [0.25, 0.3) is 0 Å². The molecule has 2 rings (SSSR count). The van der Waals surface area contributed by atoms with Gasteiger partial charge in [0.2, 0.25) is 0 Å². The van der Waals surface area contributed by atoms with Gasteiger partial charge >= 0.3 is 55.5 Å². The molecular formula is C20H28MgN2O10S2+4. The molecule has 12 nitrogen and oxygen atoms in total. The van der Waals surface area contributed by atoms with Gasteiger partial charge in [-0.15, -0.1) is 8.42 Å². The van der Waals surface area contributed by atoms with Crippen LogP contribution >= 0.6 is 0 Å². The third kappa shape index (κ3) is 11.2. The van der Waals surface area contributed by atoms with Crippen LogP contribution in [0.1, 0.15) is 13.8 Å². The average Bonchev–Trinajstić information content (AvgIpc) is 2.80. The molecule has 35 heavy (non-hydrogen) atoms. The van der Waals surface area contributed by atoms with Crippen LogP contribution in [0.2, 0.25) is 0 Å². The number of carbonyl (C=O) groups excluding carboxylic acids is 2. The van der Waals surface area contributed by atoms with Gasteiger partial charge in [0.15, 0.2) is 0 Å². The summed E-state index contributed by atoms with van der Waals surface area (Å²) in [7, 11) is -4.60. The first kappa shape index (κ1) is 32.6. The SMILES string of the molecule is CCOC(=O)Nc1ccc(S(=O)(=[OH+])OC)cc1.CCOC(=O)Nc1ccc(S(=O)(=[OH+])OC)cc1.[Mg+2]. The number of carbonyl (C=O) groups is 2. The number of ether oxygens (including phenoxy) is 2. The van der Waals surface area contributed by atoms with Crippen molar-refractivity contribution in [1.82, 2.24) is 0 Å². The molecule has 0 aliphatic heterocycles. The van der Waals surface area contributed by atoms with Crippen LogP contribution in [0.5, 0.6) is 0 Å². The second-order valence-corrected chi connectivity index (χ2v) is 9.53. The van der Waals surface area contributed by atoms with E-state index in [1.165, 1.54) is 48.5 Å². The first-order chi connectivity index (χ1) is 16.0. The minimum absolute atomic E-state index is 0. The van der Waals surface area contributed by atoms with Crippen LogP contribution in [0.25, 0.3) is 0 Å². The number of anilines is 2. The van der Waals surface area contributed by atoms with Gasteiger partial charge in [-0.3, -0.25) is 10.6 Å². The van der Waals surface area contributed by atoms with Crippen molar-refractivity contribution in [3.05, 3.63) is 48.5 Å². The fraction of sp³-hybridized carbons (Fsp3) is 0.300. The summed E-state index contributed by atoms with van der Waals surface area (Å²) in [5.41, 5.74) is 0.942. The Morgan fingerprint density at radius 1 is 0.714 bits per heavy atom. The maximum absolute atomic E-state index is 11.4. The zero-order chi connectivity index (χ0) is 25.8. The van der Waals surface area contributed by atoms with Gasteiger partial charge in [-0.25, -0.2) is 18.0 Å². The maximum Gasteiger partial charge on any atom is 2.00 e. The minimum atomic E-state index is -3.45. The Bertz CT molecular complexity index is 1060. The van der Waals surface area contributed by atoms with E-state index >= 15 is 0 Å². The van der Waals surface area contributed by atoms with Crippen LogP contribution in [-0.4, -0.2) is 79.5 Å². The molecule has 2 unspecified atom stereocenters. The Kier molecular flexibility index (Phi) is 14.5. The molecule has 0 aliphatic rings. The number of nitrogens with one attached hydrogen (secondary N) is 2. The monoisotopic (exact) mass is 544 g/mol. The van der Waals surface area contributed by atoms with Crippen molar-refractivity contribution >= 4 is 66.9 Å². The number of rotatable bonds is 8. The number of benzene rings is 2. The molecule has 188 valence electrons. The van der Waals surface area contributed by atoms with E-state index in [2.05, 4.69) is 28.5 Å². The Labute approximate surface area is 220 Å². The van der Waals surface area contributed by atoms with Gasteiger partial charge in [0.1, 0.15) is 9.79 Å². The molecule has 15 heteroatoms. The molecular weight excluding hydrogens is 517 g/mol. The fourth-order valence-electron chi connectivity index (χ4n) is 2.18. The van der Waals surface area contributed by atoms with Crippen LogP contribution in [-0.2, 0) is 38.1 Å². The zero-order valence-electron chi connectivity index (χ0n) is 19.7. The normalized spacial score (nSPS) is 13.4. The number of amides is 2. The van der Waals surface area contributed by atoms with Crippen LogP contribution in [0.3, 0.4) is 0 Å². The summed E-state index contributed by atoms with van der Waals surface area (Å²) in [5.74, 6) is 0. The summed E-state index contributed by atoms with van der Waals surface area (Å²) in [6.07, 6.45) is -1.14. The summed E-state index contributed by atoms with van der Waals surface area (Å²) >= 11 is 0. The summed E-state index contributed by atoms with van der Waals surface area (Å²) < 4.78 is 59.8. The summed E-state index contributed by atoms with van der Waals surface area (Å²) in [4.78, 5) is 22.4. The van der Waals surface area contributed by atoms with Crippen molar-refractivity contribution in [2.45, 2.75) is 23.6 Å². The third-order valence-electron chi connectivity index (χ3n) is 3.80. The number of hydrogen-bond acceptors (Lipinski definition) is 8. The van der Waals surface area contributed by atoms with Gasteiger partial charge in [-0.1, -0.05) is 0 Å². The molecule has 2 atom stereocenters. The van der Waals surface area contributed by atoms with Crippen LogP contribution in [0.4, 0.5) is 21.0 Å². The topological polar surface area (TPSA) is 172 Å². The summed E-state index contributed by atoms with van der Waals surface area (Å²) in [6, 6.07) is 11.5. The molecule has 0 aliphatic carbocycles. The second-order valence-electron chi connectivity index (χ2n) is 6.02. The van der Waals surface area contributed by atoms with E-state index in [0.717, 1.165) is 14.2 Å². The van der Waals surface area contributed by atoms with Crippen molar-refractivity contribution in [1.29, 1.82) is 0 Å². The maximum atomic E-state index is 11.4. The van der Waals surface area contributed by atoms with E-state index < -0.39 is 32.4 Å². The Morgan fingerprint density at radius 2 is 1.00 bits per heavy atom. The first-order valence-corrected chi connectivity index (χ1v) is 12.6. The van der Waals surface area contributed by atoms with E-state index in [4.69, 9.17) is 0 Å². The third-order valence-corrected chi connectivity index (χ3v) is 6.44. The van der Waals surface area contributed by atoms with E-state index in [-0.39, 0.29) is 46.1 Å². The Morgan fingerprint density at radius 3 is 1.23 bits per heavy atom. The van der Waals surface area contributed by atoms with Gasteiger partial charge < -0.3 is 9.47 Å².